The molecule has 0 aliphatic carbocycles. The van der Waals surface area contributed by atoms with Crippen molar-refractivity contribution in [2.75, 3.05) is 5.32 Å². The average Bonchev–Trinajstić information content (AvgIpc) is 2.04. The second-order valence-electron chi connectivity index (χ2n) is 3.08. The molecule has 0 amide bonds. The predicted octanol–water partition coefficient (Wildman–Crippen LogP) is 3.20. The molecule has 1 aromatic rings. The van der Waals surface area contributed by atoms with Gasteiger partial charge in [0.05, 0.1) is 0 Å². The Morgan fingerprint density at radius 2 is 2.38 bits per heavy atom. The molecule has 70 valence electrons. The summed E-state index contributed by atoms with van der Waals surface area (Å²) in [5, 5.41) is 3.17. The van der Waals surface area contributed by atoms with E-state index in [0.29, 0.717) is 6.04 Å². The predicted molar refractivity (Wildman–Crippen MR) is 54.3 cm³/mol. The topological polar surface area (TPSA) is 12.0 Å². The standard InChI is InChI=1S/C11H14FN/c1-3-5-9(2)13-11-7-4-6-10(12)8-11/h3-4,6-9,13H,1,5H2,2H3. The van der Waals surface area contributed by atoms with Crippen LogP contribution in [0.3, 0.4) is 0 Å². The van der Waals surface area contributed by atoms with Crippen molar-refractivity contribution in [2.24, 2.45) is 0 Å². The van der Waals surface area contributed by atoms with Gasteiger partial charge in [0.25, 0.3) is 0 Å². The van der Waals surface area contributed by atoms with Crippen LogP contribution in [0.2, 0.25) is 0 Å². The van der Waals surface area contributed by atoms with Gasteiger partial charge in [0, 0.05) is 11.7 Å². The molecule has 2 heteroatoms. The van der Waals surface area contributed by atoms with Crippen LogP contribution in [0.15, 0.2) is 36.9 Å². The average molecular weight is 179 g/mol. The van der Waals surface area contributed by atoms with Crippen molar-refractivity contribution >= 4 is 5.69 Å². The molecule has 1 atom stereocenters. The second-order valence-corrected chi connectivity index (χ2v) is 3.08. The van der Waals surface area contributed by atoms with E-state index in [0.717, 1.165) is 12.1 Å². The number of rotatable bonds is 4. The van der Waals surface area contributed by atoms with E-state index < -0.39 is 0 Å². The maximum absolute atomic E-state index is 12.7. The lowest BCUT2D eigenvalue weighted by Gasteiger charge is -2.12. The summed E-state index contributed by atoms with van der Waals surface area (Å²) in [6.07, 6.45) is 2.72. The highest BCUT2D eigenvalue weighted by Gasteiger charge is 1.99. The van der Waals surface area contributed by atoms with Crippen LogP contribution in [0, 0.1) is 5.82 Å². The first-order chi connectivity index (χ1) is 6.22. The Labute approximate surface area is 78.3 Å². The van der Waals surface area contributed by atoms with E-state index in [9.17, 15) is 4.39 Å². The quantitative estimate of drug-likeness (QED) is 0.700. The highest BCUT2D eigenvalue weighted by molar-refractivity contribution is 5.43. The van der Waals surface area contributed by atoms with E-state index in [1.807, 2.05) is 19.1 Å². The van der Waals surface area contributed by atoms with Crippen LogP contribution in [-0.2, 0) is 0 Å². The molecule has 0 aliphatic heterocycles. The Bertz CT molecular complexity index is 283. The molecular weight excluding hydrogens is 165 g/mol. The number of benzene rings is 1. The van der Waals surface area contributed by atoms with Crippen molar-refractivity contribution in [2.45, 2.75) is 19.4 Å². The van der Waals surface area contributed by atoms with Gasteiger partial charge in [0.2, 0.25) is 0 Å². The fourth-order valence-electron chi connectivity index (χ4n) is 1.17. The molecule has 1 rings (SSSR count). The number of nitrogens with one attached hydrogen (secondary N) is 1. The minimum atomic E-state index is -0.212. The van der Waals surface area contributed by atoms with Crippen LogP contribution < -0.4 is 5.32 Å². The Balaban J connectivity index is 2.58. The molecule has 0 aliphatic rings. The molecule has 0 spiro atoms. The zero-order valence-corrected chi connectivity index (χ0v) is 7.76. The van der Waals surface area contributed by atoms with Gasteiger partial charge < -0.3 is 5.32 Å². The molecular formula is C11H14FN. The smallest absolute Gasteiger partial charge is 0.125 e. The Hall–Kier alpha value is -1.31. The largest absolute Gasteiger partial charge is 0.382 e. The van der Waals surface area contributed by atoms with Gasteiger partial charge in [0.1, 0.15) is 5.82 Å². The molecule has 13 heavy (non-hydrogen) atoms. The van der Waals surface area contributed by atoms with Gasteiger partial charge >= 0.3 is 0 Å². The Morgan fingerprint density at radius 3 is 3.00 bits per heavy atom. The lowest BCUT2D eigenvalue weighted by atomic mass is 10.2. The van der Waals surface area contributed by atoms with Crippen molar-refractivity contribution in [1.29, 1.82) is 0 Å². The molecule has 0 aromatic heterocycles. The Kier molecular flexibility index (Phi) is 3.50. The number of hydrogen-bond donors (Lipinski definition) is 1. The van der Waals surface area contributed by atoms with Crippen molar-refractivity contribution < 1.29 is 4.39 Å². The van der Waals surface area contributed by atoms with Crippen molar-refractivity contribution in [3.63, 3.8) is 0 Å². The second kappa shape index (κ2) is 4.65. The molecule has 0 heterocycles. The van der Waals surface area contributed by atoms with E-state index >= 15 is 0 Å². The lowest BCUT2D eigenvalue weighted by Crippen LogP contribution is -2.13. The summed E-state index contributed by atoms with van der Waals surface area (Å²) in [6.45, 7) is 5.68. The van der Waals surface area contributed by atoms with Gasteiger partial charge in [-0.25, -0.2) is 4.39 Å². The van der Waals surface area contributed by atoms with Crippen molar-refractivity contribution in [3.8, 4) is 0 Å². The maximum Gasteiger partial charge on any atom is 0.125 e. The van der Waals surface area contributed by atoms with Crippen LogP contribution in [0.4, 0.5) is 10.1 Å². The monoisotopic (exact) mass is 179 g/mol. The molecule has 0 bridgehead atoms. The Morgan fingerprint density at radius 1 is 1.62 bits per heavy atom. The minimum absolute atomic E-state index is 0.212. The fraction of sp³-hybridized carbons (Fsp3) is 0.273. The molecule has 1 aromatic carbocycles. The minimum Gasteiger partial charge on any atom is -0.382 e. The van der Waals surface area contributed by atoms with Crippen molar-refractivity contribution in [3.05, 3.63) is 42.7 Å². The van der Waals surface area contributed by atoms with Crippen LogP contribution in [0.5, 0.6) is 0 Å². The third kappa shape index (κ3) is 3.28. The number of hydrogen-bond acceptors (Lipinski definition) is 1. The van der Waals surface area contributed by atoms with Gasteiger partial charge in [-0.2, -0.15) is 0 Å². The third-order valence-electron chi connectivity index (χ3n) is 1.76. The number of halogens is 1. The van der Waals surface area contributed by atoms with Gasteiger partial charge in [-0.3, -0.25) is 0 Å². The zero-order chi connectivity index (χ0) is 9.68. The summed E-state index contributed by atoms with van der Waals surface area (Å²) in [5.74, 6) is -0.212. The molecule has 1 N–H and O–H groups in total. The van der Waals surface area contributed by atoms with E-state index in [2.05, 4.69) is 11.9 Å². The summed E-state index contributed by atoms with van der Waals surface area (Å²) < 4.78 is 12.7. The first kappa shape index (κ1) is 9.78. The highest BCUT2D eigenvalue weighted by Crippen LogP contribution is 2.11. The summed E-state index contributed by atoms with van der Waals surface area (Å²) in [5.41, 5.74) is 0.814. The highest BCUT2D eigenvalue weighted by atomic mass is 19.1. The lowest BCUT2D eigenvalue weighted by molar-refractivity contribution is 0.628. The summed E-state index contributed by atoms with van der Waals surface area (Å²) >= 11 is 0. The van der Waals surface area contributed by atoms with Crippen LogP contribution in [0.25, 0.3) is 0 Å². The fourth-order valence-corrected chi connectivity index (χ4v) is 1.17. The van der Waals surface area contributed by atoms with E-state index in [-0.39, 0.29) is 5.82 Å². The summed E-state index contributed by atoms with van der Waals surface area (Å²) in [6, 6.07) is 6.75. The van der Waals surface area contributed by atoms with Gasteiger partial charge in [-0.1, -0.05) is 12.1 Å². The summed E-state index contributed by atoms with van der Waals surface area (Å²) in [4.78, 5) is 0. The van der Waals surface area contributed by atoms with Gasteiger partial charge in [-0.15, -0.1) is 6.58 Å². The number of anilines is 1. The first-order valence-corrected chi connectivity index (χ1v) is 4.35. The molecule has 0 saturated carbocycles. The van der Waals surface area contributed by atoms with Crippen LogP contribution in [-0.4, -0.2) is 6.04 Å². The van der Waals surface area contributed by atoms with E-state index in [1.54, 1.807) is 6.07 Å². The molecule has 0 radical (unpaired) electrons. The van der Waals surface area contributed by atoms with Gasteiger partial charge in [-0.05, 0) is 31.5 Å². The maximum atomic E-state index is 12.7. The molecule has 0 saturated heterocycles. The zero-order valence-electron chi connectivity index (χ0n) is 7.76. The van der Waals surface area contributed by atoms with E-state index in [4.69, 9.17) is 0 Å². The normalized spacial score (nSPS) is 12.2. The molecule has 0 fully saturated rings. The third-order valence-corrected chi connectivity index (χ3v) is 1.76. The van der Waals surface area contributed by atoms with Crippen molar-refractivity contribution in [1.82, 2.24) is 0 Å². The molecule has 1 nitrogen and oxygen atoms in total. The van der Waals surface area contributed by atoms with Gasteiger partial charge in [0.15, 0.2) is 0 Å². The first-order valence-electron chi connectivity index (χ1n) is 4.35. The molecule has 1 unspecified atom stereocenters. The van der Waals surface area contributed by atoms with E-state index in [1.165, 1.54) is 12.1 Å². The SMILES string of the molecule is C=CCC(C)Nc1cccc(F)c1. The summed E-state index contributed by atoms with van der Waals surface area (Å²) in [7, 11) is 0. The van der Waals surface area contributed by atoms with Crippen LogP contribution >= 0.6 is 0 Å². The van der Waals surface area contributed by atoms with Crippen LogP contribution in [0.1, 0.15) is 13.3 Å².